The highest BCUT2D eigenvalue weighted by Gasteiger charge is 2.40. The summed E-state index contributed by atoms with van der Waals surface area (Å²) in [5.41, 5.74) is 3.16. The standard InChI is InChI=1S/C29H48O5S/c1-10-11-12-13-14-15-16-18-29(9)19-17-24-23(4)25(21(2)22(3)26(24)34-29)33-27(5,6)20-28(7,8)35(30,31)32/h16,18H,10-15,17,19-20H2,1-9H3,(H,30,31,32)/b18-16+. The van der Waals surface area contributed by atoms with E-state index in [2.05, 4.69) is 39.8 Å². The van der Waals surface area contributed by atoms with Gasteiger partial charge in [0.15, 0.2) is 0 Å². The fraction of sp³-hybridized carbons (Fsp3) is 0.724. The lowest BCUT2D eigenvalue weighted by Gasteiger charge is -2.38. The number of benzene rings is 1. The fourth-order valence-electron chi connectivity index (χ4n) is 5.15. The highest BCUT2D eigenvalue weighted by Crippen LogP contribution is 2.45. The zero-order valence-corrected chi connectivity index (χ0v) is 24.3. The molecule has 0 fully saturated rings. The third kappa shape index (κ3) is 7.48. The summed E-state index contributed by atoms with van der Waals surface area (Å²) >= 11 is 0. The van der Waals surface area contributed by atoms with Crippen LogP contribution in [0.3, 0.4) is 0 Å². The van der Waals surface area contributed by atoms with Gasteiger partial charge in [0.25, 0.3) is 10.1 Å². The van der Waals surface area contributed by atoms with E-state index >= 15 is 0 Å². The second kappa shape index (κ2) is 11.2. The van der Waals surface area contributed by atoms with Gasteiger partial charge in [-0.3, -0.25) is 4.55 Å². The van der Waals surface area contributed by atoms with Crippen LogP contribution in [-0.4, -0.2) is 28.9 Å². The average Bonchev–Trinajstić information content (AvgIpc) is 2.73. The minimum atomic E-state index is -4.21. The Labute approximate surface area is 214 Å². The normalized spacial score (nSPS) is 19.0. The van der Waals surface area contributed by atoms with Crippen molar-refractivity contribution in [2.75, 3.05) is 0 Å². The van der Waals surface area contributed by atoms with Crippen LogP contribution < -0.4 is 9.47 Å². The van der Waals surface area contributed by atoms with E-state index in [0.29, 0.717) is 0 Å². The second-order valence-corrected chi connectivity index (χ2v) is 13.9. The summed E-state index contributed by atoms with van der Waals surface area (Å²) in [6.07, 6.45) is 14.0. The smallest absolute Gasteiger partial charge is 0.270 e. The molecule has 1 unspecified atom stereocenters. The Hall–Kier alpha value is -1.53. The van der Waals surface area contributed by atoms with Crippen molar-refractivity contribution in [2.45, 2.75) is 136 Å². The van der Waals surface area contributed by atoms with E-state index in [4.69, 9.17) is 9.47 Å². The number of ether oxygens (including phenoxy) is 2. The van der Waals surface area contributed by atoms with Gasteiger partial charge < -0.3 is 9.47 Å². The molecule has 0 saturated carbocycles. The summed E-state index contributed by atoms with van der Waals surface area (Å²) in [5, 5.41) is 0. The number of fused-ring (bicyclic) bond motifs is 1. The molecule has 1 aromatic rings. The Morgan fingerprint density at radius 3 is 2.26 bits per heavy atom. The molecule has 200 valence electrons. The summed E-state index contributed by atoms with van der Waals surface area (Å²) in [4.78, 5) is 0. The molecule has 1 aliphatic rings. The molecule has 1 atom stereocenters. The highest BCUT2D eigenvalue weighted by atomic mass is 32.2. The van der Waals surface area contributed by atoms with E-state index in [1.807, 2.05) is 20.8 Å². The molecule has 0 amide bonds. The molecule has 6 heteroatoms. The maximum atomic E-state index is 11.9. The van der Waals surface area contributed by atoms with Crippen LogP contribution in [0.5, 0.6) is 11.5 Å². The van der Waals surface area contributed by atoms with Crippen LogP contribution in [0.4, 0.5) is 0 Å². The number of rotatable bonds is 12. The third-order valence-electron chi connectivity index (χ3n) is 7.39. The van der Waals surface area contributed by atoms with Crippen LogP contribution in [0.25, 0.3) is 0 Å². The van der Waals surface area contributed by atoms with Crippen molar-refractivity contribution in [3.05, 3.63) is 34.4 Å². The van der Waals surface area contributed by atoms with Gasteiger partial charge in [-0.25, -0.2) is 0 Å². The van der Waals surface area contributed by atoms with Crippen LogP contribution in [0.15, 0.2) is 12.2 Å². The van der Waals surface area contributed by atoms with Gasteiger partial charge in [0, 0.05) is 12.0 Å². The van der Waals surface area contributed by atoms with Gasteiger partial charge in [-0.1, -0.05) is 38.7 Å². The van der Waals surface area contributed by atoms with Crippen molar-refractivity contribution in [1.82, 2.24) is 0 Å². The quantitative estimate of drug-likeness (QED) is 0.177. The fourth-order valence-corrected chi connectivity index (χ4v) is 5.68. The zero-order chi connectivity index (χ0) is 26.7. The molecule has 1 aromatic carbocycles. The predicted octanol–water partition coefficient (Wildman–Crippen LogP) is 7.83. The minimum Gasteiger partial charge on any atom is -0.487 e. The minimum absolute atomic E-state index is 0.158. The monoisotopic (exact) mass is 508 g/mol. The highest BCUT2D eigenvalue weighted by molar-refractivity contribution is 7.87. The molecular weight excluding hydrogens is 460 g/mol. The first kappa shape index (κ1) is 29.7. The predicted molar refractivity (Wildman–Crippen MR) is 145 cm³/mol. The first-order valence-corrected chi connectivity index (χ1v) is 14.6. The van der Waals surface area contributed by atoms with Crippen LogP contribution in [0.1, 0.15) is 115 Å². The van der Waals surface area contributed by atoms with Gasteiger partial charge in [-0.05, 0) is 104 Å². The van der Waals surface area contributed by atoms with Crippen LogP contribution >= 0.6 is 0 Å². The summed E-state index contributed by atoms with van der Waals surface area (Å²) in [7, 11) is -4.21. The van der Waals surface area contributed by atoms with Gasteiger partial charge in [-0.15, -0.1) is 0 Å². The van der Waals surface area contributed by atoms with E-state index in [-0.39, 0.29) is 12.0 Å². The molecule has 0 aromatic heterocycles. The third-order valence-corrected chi connectivity index (χ3v) is 8.93. The molecule has 0 saturated heterocycles. The summed E-state index contributed by atoms with van der Waals surface area (Å²) in [5.74, 6) is 1.73. The molecule has 0 spiro atoms. The average molecular weight is 509 g/mol. The van der Waals surface area contributed by atoms with Crippen molar-refractivity contribution in [3.63, 3.8) is 0 Å². The Balaban J connectivity index is 2.22. The van der Waals surface area contributed by atoms with Gasteiger partial charge in [0.2, 0.25) is 0 Å². The van der Waals surface area contributed by atoms with Crippen LogP contribution in [0.2, 0.25) is 0 Å². The van der Waals surface area contributed by atoms with Crippen molar-refractivity contribution >= 4 is 10.1 Å². The topological polar surface area (TPSA) is 72.8 Å². The van der Waals surface area contributed by atoms with Crippen LogP contribution in [-0.2, 0) is 16.5 Å². The van der Waals surface area contributed by atoms with Crippen molar-refractivity contribution in [2.24, 2.45) is 0 Å². The lowest BCUT2D eigenvalue weighted by molar-refractivity contribution is 0.0837. The van der Waals surface area contributed by atoms with E-state index in [0.717, 1.165) is 47.5 Å². The van der Waals surface area contributed by atoms with Gasteiger partial charge in [-0.2, -0.15) is 8.42 Å². The van der Waals surface area contributed by atoms with E-state index < -0.39 is 20.5 Å². The summed E-state index contributed by atoms with van der Waals surface area (Å²) in [6, 6.07) is 0. The SMILES string of the molecule is CCCCCCC/C=C/C1(C)CCc2c(C)c(OC(C)(C)CC(C)(C)S(=O)(=O)O)c(C)c(C)c2O1. The Morgan fingerprint density at radius 1 is 1.03 bits per heavy atom. The molecule has 1 aliphatic heterocycles. The first-order chi connectivity index (χ1) is 16.0. The number of allylic oxidation sites excluding steroid dienone is 1. The number of unbranched alkanes of at least 4 members (excludes halogenated alkanes) is 5. The number of hydrogen-bond acceptors (Lipinski definition) is 4. The van der Waals surface area contributed by atoms with Gasteiger partial charge in [0.05, 0.1) is 4.75 Å². The van der Waals surface area contributed by atoms with Crippen molar-refractivity contribution in [1.29, 1.82) is 0 Å². The molecule has 1 N–H and O–H groups in total. The lowest BCUT2D eigenvalue weighted by Crippen LogP contribution is -2.42. The molecular formula is C29H48O5S. The maximum absolute atomic E-state index is 11.9. The Bertz CT molecular complexity index is 1020. The van der Waals surface area contributed by atoms with Crippen LogP contribution in [0, 0.1) is 20.8 Å². The largest absolute Gasteiger partial charge is 0.487 e. The number of hydrogen-bond donors (Lipinski definition) is 1. The van der Waals surface area contributed by atoms with Gasteiger partial charge >= 0.3 is 0 Å². The summed E-state index contributed by atoms with van der Waals surface area (Å²) in [6.45, 7) is 17.4. The molecule has 5 nitrogen and oxygen atoms in total. The van der Waals surface area contributed by atoms with E-state index in [1.54, 1.807) is 0 Å². The van der Waals surface area contributed by atoms with E-state index in [9.17, 15) is 13.0 Å². The zero-order valence-electron chi connectivity index (χ0n) is 23.5. The van der Waals surface area contributed by atoms with Crippen molar-refractivity contribution in [3.8, 4) is 11.5 Å². The van der Waals surface area contributed by atoms with E-state index in [1.165, 1.54) is 51.5 Å². The molecule has 0 aliphatic carbocycles. The lowest BCUT2D eigenvalue weighted by atomic mass is 9.86. The first-order valence-electron chi connectivity index (χ1n) is 13.2. The molecule has 0 radical (unpaired) electrons. The molecule has 2 rings (SSSR count). The molecule has 1 heterocycles. The van der Waals surface area contributed by atoms with Crippen molar-refractivity contribution < 1.29 is 22.4 Å². The summed E-state index contributed by atoms with van der Waals surface area (Å²) < 4.78 is 45.1. The Kier molecular flexibility index (Phi) is 9.54. The Morgan fingerprint density at radius 2 is 1.66 bits per heavy atom. The maximum Gasteiger partial charge on any atom is 0.270 e. The second-order valence-electron chi connectivity index (χ2n) is 11.8. The molecule has 35 heavy (non-hydrogen) atoms. The van der Waals surface area contributed by atoms with Gasteiger partial charge in [0.1, 0.15) is 22.7 Å². The molecule has 0 bridgehead atoms.